The number of amides is 2. The van der Waals surface area contributed by atoms with Gasteiger partial charge in [-0.05, 0) is 41.4 Å². The Hall–Kier alpha value is -2.43. The maximum atomic E-state index is 12.0. The minimum Gasteiger partial charge on any atom is -0.461 e. The van der Waals surface area contributed by atoms with E-state index in [0.29, 0.717) is 11.8 Å². The van der Waals surface area contributed by atoms with Crippen molar-refractivity contribution in [1.29, 1.82) is 0 Å². The predicted octanol–water partition coefficient (Wildman–Crippen LogP) is 3.10. The first-order chi connectivity index (χ1) is 12.2. The second-order valence-corrected chi connectivity index (χ2v) is 7.68. The molecule has 5 nitrogen and oxygen atoms in total. The SMILES string of the molecule is CC(C)Cc1cc(COC(=O)CC2=CC(=O)NC2=O)cc(CC(C)C)c1. The van der Waals surface area contributed by atoms with Gasteiger partial charge in [-0.15, -0.1) is 0 Å². The minimum atomic E-state index is -0.523. The van der Waals surface area contributed by atoms with Crippen LogP contribution < -0.4 is 5.32 Å². The van der Waals surface area contributed by atoms with Crippen molar-refractivity contribution < 1.29 is 19.1 Å². The van der Waals surface area contributed by atoms with Gasteiger partial charge in [-0.25, -0.2) is 0 Å². The molecular weight excluding hydrogens is 330 g/mol. The molecule has 0 saturated carbocycles. The summed E-state index contributed by atoms with van der Waals surface area (Å²) in [7, 11) is 0. The van der Waals surface area contributed by atoms with Gasteiger partial charge in [-0.2, -0.15) is 0 Å². The summed E-state index contributed by atoms with van der Waals surface area (Å²) in [6.07, 6.45) is 2.90. The Balaban J connectivity index is 2.02. The molecule has 0 atom stereocenters. The van der Waals surface area contributed by atoms with Gasteiger partial charge in [0.25, 0.3) is 11.8 Å². The molecule has 26 heavy (non-hydrogen) atoms. The summed E-state index contributed by atoms with van der Waals surface area (Å²) in [5.74, 6) is -0.432. The molecular formula is C21H27NO4. The fourth-order valence-corrected chi connectivity index (χ4v) is 3.05. The topological polar surface area (TPSA) is 72.5 Å². The van der Waals surface area contributed by atoms with Crippen LogP contribution >= 0.6 is 0 Å². The molecule has 0 spiro atoms. The third kappa shape index (κ3) is 6.14. The van der Waals surface area contributed by atoms with E-state index < -0.39 is 17.8 Å². The highest BCUT2D eigenvalue weighted by Gasteiger charge is 2.23. The van der Waals surface area contributed by atoms with Crippen molar-refractivity contribution in [1.82, 2.24) is 5.32 Å². The van der Waals surface area contributed by atoms with Gasteiger partial charge in [0.1, 0.15) is 6.61 Å². The first kappa shape index (κ1) is 19.9. The average molecular weight is 357 g/mol. The van der Waals surface area contributed by atoms with E-state index in [0.717, 1.165) is 24.5 Å². The summed E-state index contributed by atoms with van der Waals surface area (Å²) in [6.45, 7) is 8.87. The molecule has 1 heterocycles. The van der Waals surface area contributed by atoms with Crippen LogP contribution in [-0.4, -0.2) is 17.8 Å². The smallest absolute Gasteiger partial charge is 0.310 e. The molecule has 0 aliphatic carbocycles. The Kier molecular flexibility index (Phi) is 6.72. The summed E-state index contributed by atoms with van der Waals surface area (Å²) < 4.78 is 5.32. The van der Waals surface area contributed by atoms with Gasteiger partial charge < -0.3 is 4.74 Å². The number of esters is 1. The van der Waals surface area contributed by atoms with Crippen molar-refractivity contribution in [3.63, 3.8) is 0 Å². The standard InChI is InChI=1S/C21H27NO4/c1-13(2)5-15-7-16(6-14(3)4)9-17(8-15)12-26-20(24)11-18-10-19(23)22-21(18)25/h7-10,13-14H,5-6,11-12H2,1-4H3,(H,22,23,25). The Labute approximate surface area is 154 Å². The minimum absolute atomic E-state index is 0.147. The van der Waals surface area contributed by atoms with E-state index in [2.05, 4.69) is 51.2 Å². The number of hydrogen-bond acceptors (Lipinski definition) is 4. The molecule has 140 valence electrons. The third-order valence-electron chi connectivity index (χ3n) is 3.97. The zero-order valence-electron chi connectivity index (χ0n) is 15.9. The second kappa shape index (κ2) is 8.79. The van der Waals surface area contributed by atoms with Crippen molar-refractivity contribution >= 4 is 17.8 Å². The number of carbonyl (C=O) groups excluding carboxylic acids is 3. The molecule has 1 aliphatic rings. The maximum absolute atomic E-state index is 12.0. The van der Waals surface area contributed by atoms with Crippen LogP contribution in [0.5, 0.6) is 0 Å². The van der Waals surface area contributed by atoms with Crippen LogP contribution in [-0.2, 0) is 38.6 Å². The van der Waals surface area contributed by atoms with Crippen LogP contribution in [0.2, 0.25) is 0 Å². The number of hydrogen-bond donors (Lipinski definition) is 1. The Bertz CT molecular complexity index is 703. The van der Waals surface area contributed by atoms with Crippen molar-refractivity contribution in [3.05, 3.63) is 46.5 Å². The number of imide groups is 1. The monoisotopic (exact) mass is 357 g/mol. The van der Waals surface area contributed by atoms with Crippen molar-refractivity contribution in [2.75, 3.05) is 0 Å². The normalized spacial score (nSPS) is 14.0. The maximum Gasteiger partial charge on any atom is 0.310 e. The zero-order chi connectivity index (χ0) is 19.3. The second-order valence-electron chi connectivity index (χ2n) is 7.68. The van der Waals surface area contributed by atoms with Crippen LogP contribution in [0.15, 0.2) is 29.8 Å². The van der Waals surface area contributed by atoms with Gasteiger partial charge >= 0.3 is 5.97 Å². The molecule has 1 aromatic carbocycles. The quantitative estimate of drug-likeness (QED) is 0.573. The van der Waals surface area contributed by atoms with E-state index in [1.807, 2.05) is 0 Å². The number of carbonyl (C=O) groups is 3. The van der Waals surface area contributed by atoms with Gasteiger partial charge in [0.15, 0.2) is 0 Å². The summed E-state index contributed by atoms with van der Waals surface area (Å²) in [6, 6.07) is 6.37. The van der Waals surface area contributed by atoms with Crippen molar-refractivity contribution in [2.24, 2.45) is 11.8 Å². The number of nitrogens with one attached hydrogen (secondary N) is 1. The number of rotatable bonds is 8. The van der Waals surface area contributed by atoms with Crippen molar-refractivity contribution in [2.45, 2.75) is 53.6 Å². The highest BCUT2D eigenvalue weighted by Crippen LogP contribution is 2.18. The van der Waals surface area contributed by atoms with E-state index in [9.17, 15) is 14.4 Å². The van der Waals surface area contributed by atoms with E-state index >= 15 is 0 Å². The molecule has 0 bridgehead atoms. The Morgan fingerprint density at radius 3 is 1.96 bits per heavy atom. The Morgan fingerprint density at radius 1 is 0.962 bits per heavy atom. The van der Waals surface area contributed by atoms with Crippen LogP contribution in [0.4, 0.5) is 0 Å². The largest absolute Gasteiger partial charge is 0.461 e. The molecule has 5 heteroatoms. The van der Waals surface area contributed by atoms with Gasteiger partial charge in [0.05, 0.1) is 6.42 Å². The first-order valence-corrected chi connectivity index (χ1v) is 9.06. The lowest BCUT2D eigenvalue weighted by Gasteiger charge is -2.13. The molecule has 2 amide bonds. The lowest BCUT2D eigenvalue weighted by Crippen LogP contribution is -2.23. The Morgan fingerprint density at radius 2 is 1.50 bits per heavy atom. The van der Waals surface area contributed by atoms with Crippen molar-refractivity contribution in [3.8, 4) is 0 Å². The van der Waals surface area contributed by atoms with Gasteiger partial charge in [0.2, 0.25) is 0 Å². The zero-order valence-corrected chi connectivity index (χ0v) is 15.9. The van der Waals surface area contributed by atoms with E-state index in [1.165, 1.54) is 11.1 Å². The fourth-order valence-electron chi connectivity index (χ4n) is 3.05. The van der Waals surface area contributed by atoms with E-state index in [4.69, 9.17) is 4.74 Å². The molecule has 1 aromatic rings. The van der Waals surface area contributed by atoms with E-state index in [-0.39, 0.29) is 18.6 Å². The van der Waals surface area contributed by atoms with Crippen LogP contribution in [0.25, 0.3) is 0 Å². The van der Waals surface area contributed by atoms with E-state index in [1.54, 1.807) is 0 Å². The molecule has 0 unspecified atom stereocenters. The number of ether oxygens (including phenoxy) is 1. The van der Waals surface area contributed by atoms with Gasteiger partial charge in [-0.3, -0.25) is 19.7 Å². The molecule has 0 saturated heterocycles. The highest BCUT2D eigenvalue weighted by atomic mass is 16.5. The predicted molar refractivity (Wildman–Crippen MR) is 99.2 cm³/mol. The molecule has 0 aromatic heterocycles. The molecule has 0 fully saturated rings. The third-order valence-corrected chi connectivity index (χ3v) is 3.97. The molecule has 1 aliphatic heterocycles. The summed E-state index contributed by atoms with van der Waals surface area (Å²) >= 11 is 0. The molecule has 2 rings (SSSR count). The van der Waals surface area contributed by atoms with Crippen LogP contribution in [0, 0.1) is 11.8 Å². The van der Waals surface area contributed by atoms with Gasteiger partial charge in [0, 0.05) is 11.6 Å². The van der Waals surface area contributed by atoms with Gasteiger partial charge in [-0.1, -0.05) is 45.9 Å². The van der Waals surface area contributed by atoms with Crippen LogP contribution in [0.3, 0.4) is 0 Å². The lowest BCUT2D eigenvalue weighted by molar-refractivity contribution is -0.144. The van der Waals surface area contributed by atoms with Crippen LogP contribution in [0.1, 0.15) is 50.8 Å². The average Bonchev–Trinajstić information content (AvgIpc) is 2.81. The summed E-state index contributed by atoms with van der Waals surface area (Å²) in [4.78, 5) is 34.6. The summed E-state index contributed by atoms with van der Waals surface area (Å²) in [5, 5.41) is 2.12. The first-order valence-electron chi connectivity index (χ1n) is 9.06. The molecule has 0 radical (unpaired) electrons. The summed E-state index contributed by atoms with van der Waals surface area (Å²) in [5.41, 5.74) is 3.59. The fraction of sp³-hybridized carbons (Fsp3) is 0.476. The lowest BCUT2D eigenvalue weighted by atomic mass is 9.95. The molecule has 1 N–H and O–H groups in total. The number of benzene rings is 1. The highest BCUT2D eigenvalue weighted by molar-refractivity contribution is 6.17.